The van der Waals surface area contributed by atoms with Gasteiger partial charge in [-0.15, -0.1) is 0 Å². The fourth-order valence-electron chi connectivity index (χ4n) is 2.95. The van der Waals surface area contributed by atoms with E-state index >= 15 is 0 Å². The van der Waals surface area contributed by atoms with Crippen molar-refractivity contribution in [3.8, 4) is 5.75 Å². The number of ether oxygens (including phenoxy) is 1. The maximum Gasteiger partial charge on any atom is 0.143 e. The van der Waals surface area contributed by atoms with Gasteiger partial charge in [-0.05, 0) is 43.0 Å². The Hall–Kier alpha value is -1.48. The highest BCUT2D eigenvalue weighted by atomic mass is 16.5. The molecule has 18 heavy (non-hydrogen) atoms. The van der Waals surface area contributed by atoms with Gasteiger partial charge in [0.1, 0.15) is 5.75 Å². The third-order valence-corrected chi connectivity index (χ3v) is 4.22. The first-order valence-corrected chi connectivity index (χ1v) is 6.45. The second kappa shape index (κ2) is 3.75. The Morgan fingerprint density at radius 2 is 2.11 bits per heavy atom. The number of hydrogen-bond donors (Lipinski definition) is 1. The van der Waals surface area contributed by atoms with Crippen molar-refractivity contribution in [2.75, 3.05) is 13.7 Å². The molecule has 0 bridgehead atoms. The van der Waals surface area contributed by atoms with Crippen LogP contribution in [0.25, 0.3) is 10.9 Å². The van der Waals surface area contributed by atoms with E-state index in [1.165, 1.54) is 34.9 Å². The van der Waals surface area contributed by atoms with Gasteiger partial charge in [-0.2, -0.15) is 0 Å². The Kier molecular flexibility index (Phi) is 2.42. The van der Waals surface area contributed by atoms with Gasteiger partial charge in [0.05, 0.1) is 12.6 Å². The van der Waals surface area contributed by atoms with Crippen LogP contribution < -0.4 is 10.5 Å². The first-order valence-electron chi connectivity index (χ1n) is 6.45. The number of fused-ring (bicyclic) bond motifs is 1. The number of nitrogens with two attached hydrogens (primary N) is 1. The molecule has 0 amide bonds. The van der Waals surface area contributed by atoms with Gasteiger partial charge in [-0.25, -0.2) is 0 Å². The predicted octanol–water partition coefficient (Wildman–Crippen LogP) is 2.49. The van der Waals surface area contributed by atoms with E-state index < -0.39 is 0 Å². The molecule has 1 saturated carbocycles. The minimum absolute atomic E-state index is 0.221. The first kappa shape index (κ1) is 11.6. The Balaban J connectivity index is 2.32. The fourth-order valence-corrected chi connectivity index (χ4v) is 2.95. The van der Waals surface area contributed by atoms with Gasteiger partial charge in [0.15, 0.2) is 0 Å². The van der Waals surface area contributed by atoms with Gasteiger partial charge in [0.25, 0.3) is 0 Å². The number of methoxy groups -OCH3 is 1. The van der Waals surface area contributed by atoms with Crippen molar-refractivity contribution in [2.45, 2.75) is 25.2 Å². The minimum atomic E-state index is 0.221. The molecule has 2 N–H and O–H groups in total. The standard InChI is InChI=1S/C15H20N2O/c1-10-6-11-12(15(9-16)4-5-15)8-17(2)14(11)13(7-10)18-3/h6-8H,4-5,9,16H2,1-3H3. The molecule has 3 heteroatoms. The molecule has 1 aromatic carbocycles. The fraction of sp³-hybridized carbons (Fsp3) is 0.467. The molecule has 0 radical (unpaired) electrons. The molecule has 96 valence electrons. The molecule has 0 aliphatic heterocycles. The molecule has 0 spiro atoms. The molecule has 3 nitrogen and oxygen atoms in total. The average molecular weight is 244 g/mol. The lowest BCUT2D eigenvalue weighted by Gasteiger charge is -2.11. The minimum Gasteiger partial charge on any atom is -0.495 e. The molecular weight excluding hydrogens is 224 g/mol. The molecule has 1 fully saturated rings. The summed E-state index contributed by atoms with van der Waals surface area (Å²) >= 11 is 0. The summed E-state index contributed by atoms with van der Waals surface area (Å²) in [5.74, 6) is 0.951. The summed E-state index contributed by atoms with van der Waals surface area (Å²) in [6, 6.07) is 4.34. The Morgan fingerprint density at radius 1 is 1.39 bits per heavy atom. The van der Waals surface area contributed by atoms with Gasteiger partial charge in [-0.3, -0.25) is 0 Å². The van der Waals surface area contributed by atoms with Crippen LogP contribution in [0.3, 0.4) is 0 Å². The van der Waals surface area contributed by atoms with Gasteiger partial charge in [0, 0.05) is 30.6 Å². The van der Waals surface area contributed by atoms with E-state index in [1.54, 1.807) is 7.11 Å². The lowest BCUT2D eigenvalue weighted by molar-refractivity contribution is 0.417. The van der Waals surface area contributed by atoms with Crippen LogP contribution in [0, 0.1) is 6.92 Å². The van der Waals surface area contributed by atoms with E-state index in [4.69, 9.17) is 10.5 Å². The molecule has 3 rings (SSSR count). The third kappa shape index (κ3) is 1.47. The van der Waals surface area contributed by atoms with Gasteiger partial charge < -0.3 is 15.0 Å². The normalized spacial score (nSPS) is 17.1. The van der Waals surface area contributed by atoms with Crippen molar-refractivity contribution in [3.63, 3.8) is 0 Å². The van der Waals surface area contributed by atoms with Crippen LogP contribution in [-0.4, -0.2) is 18.2 Å². The van der Waals surface area contributed by atoms with Crippen molar-refractivity contribution >= 4 is 10.9 Å². The predicted molar refractivity (Wildman–Crippen MR) is 74.2 cm³/mol. The zero-order valence-electron chi connectivity index (χ0n) is 11.3. The molecule has 1 heterocycles. The molecule has 2 aromatic rings. The Morgan fingerprint density at radius 3 is 2.67 bits per heavy atom. The summed E-state index contributed by atoms with van der Waals surface area (Å²) in [4.78, 5) is 0. The van der Waals surface area contributed by atoms with Crippen molar-refractivity contribution < 1.29 is 4.74 Å². The van der Waals surface area contributed by atoms with Gasteiger partial charge >= 0.3 is 0 Å². The molecule has 0 atom stereocenters. The smallest absolute Gasteiger partial charge is 0.143 e. The zero-order valence-corrected chi connectivity index (χ0v) is 11.3. The monoisotopic (exact) mass is 244 g/mol. The highest BCUT2D eigenvalue weighted by Gasteiger charge is 2.44. The van der Waals surface area contributed by atoms with Crippen LogP contribution in [0.4, 0.5) is 0 Å². The van der Waals surface area contributed by atoms with E-state index in [1.807, 2.05) is 0 Å². The summed E-state index contributed by atoms with van der Waals surface area (Å²) in [6.45, 7) is 2.85. The average Bonchev–Trinajstić information content (AvgIpc) is 3.09. The molecule has 1 aliphatic rings. The third-order valence-electron chi connectivity index (χ3n) is 4.22. The highest BCUT2D eigenvalue weighted by molar-refractivity contribution is 5.91. The molecular formula is C15H20N2O. The lowest BCUT2D eigenvalue weighted by Crippen LogP contribution is -2.19. The van der Waals surface area contributed by atoms with E-state index in [2.05, 4.69) is 36.9 Å². The van der Waals surface area contributed by atoms with E-state index in [0.29, 0.717) is 0 Å². The summed E-state index contributed by atoms with van der Waals surface area (Å²) in [7, 11) is 3.81. The SMILES string of the molecule is COc1cc(C)cc2c(C3(CN)CC3)cn(C)c12. The van der Waals surface area contributed by atoms with Crippen LogP contribution in [0.15, 0.2) is 18.3 Å². The van der Waals surface area contributed by atoms with Crippen LogP contribution in [-0.2, 0) is 12.5 Å². The van der Waals surface area contributed by atoms with E-state index in [-0.39, 0.29) is 5.41 Å². The number of benzene rings is 1. The molecule has 1 aliphatic carbocycles. The van der Waals surface area contributed by atoms with Crippen LogP contribution >= 0.6 is 0 Å². The number of hydrogen-bond acceptors (Lipinski definition) is 2. The topological polar surface area (TPSA) is 40.2 Å². The van der Waals surface area contributed by atoms with Crippen LogP contribution in [0.1, 0.15) is 24.0 Å². The quantitative estimate of drug-likeness (QED) is 0.901. The molecule has 0 unspecified atom stereocenters. The Labute approximate surface area is 108 Å². The number of aryl methyl sites for hydroxylation is 2. The van der Waals surface area contributed by atoms with Crippen LogP contribution in [0.2, 0.25) is 0 Å². The molecule has 0 saturated heterocycles. The van der Waals surface area contributed by atoms with Crippen molar-refractivity contribution in [1.29, 1.82) is 0 Å². The second-order valence-electron chi connectivity index (χ2n) is 5.50. The number of aromatic nitrogens is 1. The van der Waals surface area contributed by atoms with Crippen LogP contribution in [0.5, 0.6) is 5.75 Å². The second-order valence-corrected chi connectivity index (χ2v) is 5.50. The van der Waals surface area contributed by atoms with Gasteiger partial charge in [-0.1, -0.05) is 0 Å². The zero-order chi connectivity index (χ0) is 12.9. The summed E-state index contributed by atoms with van der Waals surface area (Å²) in [5.41, 5.74) is 10.00. The van der Waals surface area contributed by atoms with E-state index in [0.717, 1.165) is 12.3 Å². The number of nitrogens with zero attached hydrogens (tertiary/aromatic N) is 1. The van der Waals surface area contributed by atoms with Gasteiger partial charge in [0.2, 0.25) is 0 Å². The maximum absolute atomic E-state index is 5.97. The summed E-state index contributed by atoms with van der Waals surface area (Å²) < 4.78 is 7.68. The largest absolute Gasteiger partial charge is 0.495 e. The van der Waals surface area contributed by atoms with Crippen molar-refractivity contribution in [3.05, 3.63) is 29.5 Å². The summed E-state index contributed by atoms with van der Waals surface area (Å²) in [5, 5.41) is 1.30. The first-order chi connectivity index (χ1) is 8.61. The van der Waals surface area contributed by atoms with Crippen molar-refractivity contribution in [2.24, 2.45) is 12.8 Å². The maximum atomic E-state index is 5.97. The Bertz CT molecular complexity index is 608. The molecule has 1 aromatic heterocycles. The highest BCUT2D eigenvalue weighted by Crippen LogP contribution is 2.50. The van der Waals surface area contributed by atoms with Crippen molar-refractivity contribution in [1.82, 2.24) is 4.57 Å². The van der Waals surface area contributed by atoms with E-state index in [9.17, 15) is 0 Å². The number of rotatable bonds is 3. The summed E-state index contributed by atoms with van der Waals surface area (Å²) in [6.07, 6.45) is 4.64. The lowest BCUT2D eigenvalue weighted by atomic mass is 9.95.